The van der Waals surface area contributed by atoms with Gasteiger partial charge in [0.2, 0.25) is 0 Å². The van der Waals surface area contributed by atoms with Gasteiger partial charge in [-0.25, -0.2) is 0 Å². The van der Waals surface area contributed by atoms with Gasteiger partial charge in [-0.15, -0.1) is 6.58 Å². The van der Waals surface area contributed by atoms with Gasteiger partial charge in [0.15, 0.2) is 0 Å². The Hall–Kier alpha value is -0.830. The van der Waals surface area contributed by atoms with E-state index in [4.69, 9.17) is 10.8 Å². The molecule has 0 aliphatic rings. The smallest absolute Gasteiger partial charge is 0.320 e. The van der Waals surface area contributed by atoms with Crippen molar-refractivity contribution in [2.45, 2.75) is 31.7 Å². The van der Waals surface area contributed by atoms with Crippen molar-refractivity contribution in [2.75, 3.05) is 0 Å². The van der Waals surface area contributed by atoms with Gasteiger partial charge in [0.05, 0.1) is 0 Å². The van der Waals surface area contributed by atoms with E-state index in [0.717, 1.165) is 19.3 Å². The lowest BCUT2D eigenvalue weighted by molar-refractivity contribution is -0.138. The van der Waals surface area contributed by atoms with Crippen LogP contribution < -0.4 is 5.73 Å². The third-order valence-electron chi connectivity index (χ3n) is 1.49. The molecule has 0 aliphatic carbocycles. The maximum absolute atomic E-state index is 10.2. The van der Waals surface area contributed by atoms with E-state index in [9.17, 15) is 4.79 Å². The van der Waals surface area contributed by atoms with E-state index in [1.165, 1.54) is 0 Å². The summed E-state index contributed by atoms with van der Waals surface area (Å²) in [6.45, 7) is 3.56. The molecule has 0 aromatic heterocycles. The number of carbonyl (C=O) groups is 1. The Morgan fingerprint density at radius 3 is 2.73 bits per heavy atom. The average molecular weight is 157 g/mol. The molecule has 0 saturated carbocycles. The molecular weight excluding hydrogens is 142 g/mol. The van der Waals surface area contributed by atoms with Crippen LogP contribution >= 0.6 is 0 Å². The number of carboxylic acids is 1. The number of nitrogens with two attached hydrogens (primary N) is 1. The lowest BCUT2D eigenvalue weighted by Crippen LogP contribution is -2.29. The molecule has 11 heavy (non-hydrogen) atoms. The summed E-state index contributed by atoms with van der Waals surface area (Å²) in [6, 6.07) is -0.695. The second-order valence-electron chi connectivity index (χ2n) is 2.52. The zero-order chi connectivity index (χ0) is 8.69. The highest BCUT2D eigenvalue weighted by Crippen LogP contribution is 2.02. The van der Waals surface area contributed by atoms with Crippen molar-refractivity contribution >= 4 is 5.97 Å². The Kier molecular flexibility index (Phi) is 5.47. The van der Waals surface area contributed by atoms with Crippen LogP contribution in [0, 0.1) is 0 Å². The van der Waals surface area contributed by atoms with Gasteiger partial charge in [-0.3, -0.25) is 4.79 Å². The van der Waals surface area contributed by atoms with Crippen LogP contribution in [-0.4, -0.2) is 17.1 Å². The number of carboxylic acid groups (broad SMARTS) is 1. The highest BCUT2D eigenvalue weighted by atomic mass is 16.4. The minimum Gasteiger partial charge on any atom is -0.480 e. The molecule has 0 unspecified atom stereocenters. The maximum atomic E-state index is 10.2. The van der Waals surface area contributed by atoms with Crippen molar-refractivity contribution in [3.8, 4) is 0 Å². The molecule has 0 aliphatic heterocycles. The van der Waals surface area contributed by atoms with Crippen LogP contribution in [0.2, 0.25) is 0 Å². The molecule has 0 spiro atoms. The maximum Gasteiger partial charge on any atom is 0.320 e. The topological polar surface area (TPSA) is 63.3 Å². The lowest BCUT2D eigenvalue weighted by atomic mass is 10.1. The predicted molar refractivity (Wildman–Crippen MR) is 44.3 cm³/mol. The summed E-state index contributed by atoms with van der Waals surface area (Å²) >= 11 is 0. The van der Waals surface area contributed by atoms with Gasteiger partial charge >= 0.3 is 5.97 Å². The molecule has 3 nitrogen and oxygen atoms in total. The van der Waals surface area contributed by atoms with Gasteiger partial charge in [0.25, 0.3) is 0 Å². The van der Waals surface area contributed by atoms with Crippen molar-refractivity contribution < 1.29 is 9.90 Å². The molecule has 0 fully saturated rings. The fourth-order valence-electron chi connectivity index (χ4n) is 0.776. The predicted octanol–water partition coefficient (Wildman–Crippen LogP) is 1.14. The van der Waals surface area contributed by atoms with Crippen LogP contribution in [0.3, 0.4) is 0 Å². The molecule has 0 bridgehead atoms. The van der Waals surface area contributed by atoms with Crippen molar-refractivity contribution in [3.05, 3.63) is 12.7 Å². The minimum atomic E-state index is -0.913. The van der Waals surface area contributed by atoms with E-state index in [0.29, 0.717) is 6.42 Å². The third-order valence-corrected chi connectivity index (χ3v) is 1.49. The van der Waals surface area contributed by atoms with Gasteiger partial charge in [0.1, 0.15) is 6.04 Å². The second kappa shape index (κ2) is 5.92. The number of hydrogen-bond acceptors (Lipinski definition) is 2. The van der Waals surface area contributed by atoms with E-state index in [1.807, 2.05) is 6.08 Å². The van der Waals surface area contributed by atoms with Gasteiger partial charge in [0, 0.05) is 0 Å². The van der Waals surface area contributed by atoms with E-state index < -0.39 is 12.0 Å². The third kappa shape index (κ3) is 5.61. The summed E-state index contributed by atoms with van der Waals surface area (Å²) in [5.41, 5.74) is 5.27. The van der Waals surface area contributed by atoms with Crippen molar-refractivity contribution in [2.24, 2.45) is 5.73 Å². The zero-order valence-corrected chi connectivity index (χ0v) is 6.62. The van der Waals surface area contributed by atoms with Crippen LogP contribution in [0.1, 0.15) is 25.7 Å². The summed E-state index contributed by atoms with van der Waals surface area (Å²) in [4.78, 5) is 10.2. The molecular formula is C8H15NO2. The normalized spacial score (nSPS) is 12.5. The van der Waals surface area contributed by atoms with Crippen LogP contribution in [0.25, 0.3) is 0 Å². The van der Waals surface area contributed by atoms with E-state index in [2.05, 4.69) is 6.58 Å². The number of hydrogen-bond donors (Lipinski definition) is 2. The molecule has 0 aromatic carbocycles. The lowest BCUT2D eigenvalue weighted by Gasteiger charge is -2.03. The molecule has 1 atom stereocenters. The van der Waals surface area contributed by atoms with Crippen LogP contribution in [0.15, 0.2) is 12.7 Å². The Balaban J connectivity index is 3.24. The van der Waals surface area contributed by atoms with Crippen LogP contribution in [0.4, 0.5) is 0 Å². The summed E-state index contributed by atoms with van der Waals surface area (Å²) in [6.07, 6.45) is 5.16. The molecule has 0 heterocycles. The standard InChI is InChI=1S/C8H15NO2/c1-2-3-4-5-6-7(9)8(10)11/h2,7H,1,3-6,9H2,(H,10,11)/t7-/m1/s1. The first kappa shape index (κ1) is 10.2. The number of unbranched alkanes of at least 4 members (excludes halogenated alkanes) is 2. The highest BCUT2D eigenvalue weighted by Gasteiger charge is 2.09. The Morgan fingerprint density at radius 2 is 2.27 bits per heavy atom. The fourth-order valence-corrected chi connectivity index (χ4v) is 0.776. The quantitative estimate of drug-likeness (QED) is 0.449. The fraction of sp³-hybridized carbons (Fsp3) is 0.625. The molecule has 0 aromatic rings. The minimum absolute atomic E-state index is 0.559. The number of rotatable bonds is 6. The highest BCUT2D eigenvalue weighted by molar-refractivity contribution is 5.72. The van der Waals surface area contributed by atoms with E-state index >= 15 is 0 Å². The summed E-state index contributed by atoms with van der Waals surface area (Å²) in [7, 11) is 0. The van der Waals surface area contributed by atoms with Crippen LogP contribution in [0.5, 0.6) is 0 Å². The van der Waals surface area contributed by atoms with Gasteiger partial charge in [-0.1, -0.05) is 12.5 Å². The Morgan fingerprint density at radius 1 is 1.64 bits per heavy atom. The largest absolute Gasteiger partial charge is 0.480 e. The van der Waals surface area contributed by atoms with Gasteiger partial charge in [-0.2, -0.15) is 0 Å². The molecule has 0 amide bonds. The molecule has 64 valence electrons. The Labute approximate surface area is 66.9 Å². The van der Waals surface area contributed by atoms with Gasteiger partial charge in [-0.05, 0) is 19.3 Å². The molecule has 3 N–H and O–H groups in total. The molecule has 0 saturated heterocycles. The van der Waals surface area contributed by atoms with Gasteiger partial charge < -0.3 is 10.8 Å². The second-order valence-corrected chi connectivity index (χ2v) is 2.52. The zero-order valence-electron chi connectivity index (χ0n) is 6.62. The summed E-state index contributed by atoms with van der Waals surface area (Å²) in [5, 5.41) is 8.39. The van der Waals surface area contributed by atoms with Crippen molar-refractivity contribution in [1.29, 1.82) is 0 Å². The molecule has 3 heteroatoms. The van der Waals surface area contributed by atoms with E-state index in [1.54, 1.807) is 0 Å². The first-order chi connectivity index (χ1) is 5.18. The summed E-state index contributed by atoms with van der Waals surface area (Å²) in [5.74, 6) is -0.913. The van der Waals surface area contributed by atoms with Crippen molar-refractivity contribution in [3.63, 3.8) is 0 Å². The van der Waals surface area contributed by atoms with Crippen LogP contribution in [-0.2, 0) is 4.79 Å². The van der Waals surface area contributed by atoms with Crippen molar-refractivity contribution in [1.82, 2.24) is 0 Å². The number of allylic oxidation sites excluding steroid dienone is 1. The average Bonchev–Trinajstić information content (AvgIpc) is 1.97. The molecule has 0 radical (unpaired) electrons. The first-order valence-electron chi connectivity index (χ1n) is 3.77. The SMILES string of the molecule is C=CCCCC[C@@H](N)C(=O)O. The monoisotopic (exact) mass is 157 g/mol. The first-order valence-corrected chi connectivity index (χ1v) is 3.77. The summed E-state index contributed by atoms with van der Waals surface area (Å²) < 4.78 is 0. The van der Waals surface area contributed by atoms with E-state index in [-0.39, 0.29) is 0 Å². The Bertz CT molecular complexity index is 134. The number of aliphatic carboxylic acids is 1. The molecule has 0 rings (SSSR count).